The molecule has 1 aromatic rings. The van der Waals surface area contributed by atoms with E-state index in [4.69, 9.17) is 4.74 Å². The lowest BCUT2D eigenvalue weighted by Gasteiger charge is -2.06. The molecule has 6 heteroatoms. The number of ether oxygens (including phenoxy) is 1. The molecular weight excluding hydrogens is 258 g/mol. The van der Waals surface area contributed by atoms with Gasteiger partial charge in [-0.15, -0.1) is 0 Å². The average Bonchev–Trinajstić information content (AvgIpc) is 3.29. The van der Waals surface area contributed by atoms with Gasteiger partial charge in [0.1, 0.15) is 0 Å². The molecule has 1 aliphatic carbocycles. The normalized spacial score (nSPS) is 13.7. The largest absolute Gasteiger partial charge is 0.481 e. The molecule has 6 nitrogen and oxygen atoms in total. The van der Waals surface area contributed by atoms with Crippen LogP contribution in [0.3, 0.4) is 0 Å². The van der Waals surface area contributed by atoms with Gasteiger partial charge >= 0.3 is 0 Å². The number of anilines is 1. The van der Waals surface area contributed by atoms with E-state index in [1.54, 1.807) is 18.3 Å². The van der Waals surface area contributed by atoms with Crippen molar-refractivity contribution in [2.45, 2.75) is 25.7 Å². The Bertz CT molecular complexity index is 469. The molecule has 0 saturated heterocycles. The highest BCUT2D eigenvalue weighted by Gasteiger charge is 2.28. The van der Waals surface area contributed by atoms with Crippen molar-refractivity contribution < 1.29 is 14.3 Å². The summed E-state index contributed by atoms with van der Waals surface area (Å²) in [5.74, 6) is 0.752. The van der Waals surface area contributed by atoms with Gasteiger partial charge in [-0.05, 0) is 25.3 Å². The number of nitrogens with zero attached hydrogens (tertiary/aromatic N) is 1. The maximum atomic E-state index is 11.7. The predicted octanol–water partition coefficient (Wildman–Crippen LogP) is 1.34. The number of hydrogen-bond acceptors (Lipinski definition) is 4. The van der Waals surface area contributed by atoms with Gasteiger partial charge in [0.15, 0.2) is 0 Å². The van der Waals surface area contributed by atoms with Crippen molar-refractivity contribution in [3.63, 3.8) is 0 Å². The standard InChI is InChI=1S/C14H19N3O3/c1-20-13-7-6-11(9-16-13)17-12(18)3-2-8-15-14(19)10-4-5-10/h6-7,9-10H,2-5,8H2,1H3,(H,15,19)(H,17,18). The molecule has 1 heterocycles. The van der Waals surface area contributed by atoms with Crippen LogP contribution in [0.1, 0.15) is 25.7 Å². The summed E-state index contributed by atoms with van der Waals surface area (Å²) in [6.45, 7) is 0.545. The minimum atomic E-state index is -0.0855. The zero-order valence-electron chi connectivity index (χ0n) is 11.5. The Labute approximate surface area is 117 Å². The molecule has 2 rings (SSSR count). The van der Waals surface area contributed by atoms with Gasteiger partial charge in [0.05, 0.1) is 19.0 Å². The Balaban J connectivity index is 1.62. The summed E-state index contributed by atoms with van der Waals surface area (Å²) in [5, 5.41) is 5.58. The fourth-order valence-corrected chi connectivity index (χ4v) is 1.75. The van der Waals surface area contributed by atoms with Crippen LogP contribution in [0.2, 0.25) is 0 Å². The van der Waals surface area contributed by atoms with Crippen LogP contribution in [0, 0.1) is 5.92 Å². The molecule has 20 heavy (non-hydrogen) atoms. The van der Waals surface area contributed by atoms with Crippen LogP contribution in [-0.2, 0) is 9.59 Å². The average molecular weight is 277 g/mol. The van der Waals surface area contributed by atoms with E-state index in [2.05, 4.69) is 15.6 Å². The number of rotatable bonds is 7. The van der Waals surface area contributed by atoms with Crippen LogP contribution in [0.4, 0.5) is 5.69 Å². The molecule has 0 aliphatic heterocycles. The number of methoxy groups -OCH3 is 1. The molecule has 0 spiro atoms. The first-order chi connectivity index (χ1) is 9.69. The molecule has 0 aromatic carbocycles. The number of pyridine rings is 1. The zero-order chi connectivity index (χ0) is 14.4. The summed E-state index contributed by atoms with van der Waals surface area (Å²) in [7, 11) is 1.54. The van der Waals surface area contributed by atoms with Crippen LogP contribution in [0.25, 0.3) is 0 Å². The first kappa shape index (κ1) is 14.3. The second kappa shape index (κ2) is 6.88. The molecule has 0 bridgehead atoms. The van der Waals surface area contributed by atoms with Gasteiger partial charge in [0, 0.05) is 24.9 Å². The highest BCUT2D eigenvalue weighted by atomic mass is 16.5. The fourth-order valence-electron chi connectivity index (χ4n) is 1.75. The number of carbonyl (C=O) groups excluding carboxylic acids is 2. The summed E-state index contributed by atoms with van der Waals surface area (Å²) in [6, 6.07) is 3.42. The predicted molar refractivity (Wildman–Crippen MR) is 74.4 cm³/mol. The second-order valence-electron chi connectivity index (χ2n) is 4.81. The number of nitrogens with one attached hydrogen (secondary N) is 2. The molecule has 2 amide bonds. The van der Waals surface area contributed by atoms with E-state index in [1.807, 2.05) is 0 Å². The smallest absolute Gasteiger partial charge is 0.224 e. The molecule has 0 atom stereocenters. The minimum Gasteiger partial charge on any atom is -0.481 e. The molecule has 1 aliphatic rings. The lowest BCUT2D eigenvalue weighted by atomic mass is 10.2. The zero-order valence-corrected chi connectivity index (χ0v) is 11.5. The van der Waals surface area contributed by atoms with Crippen LogP contribution >= 0.6 is 0 Å². The van der Waals surface area contributed by atoms with Crippen molar-refractivity contribution in [2.24, 2.45) is 5.92 Å². The summed E-state index contributed by atoms with van der Waals surface area (Å²) >= 11 is 0. The maximum absolute atomic E-state index is 11.7. The third-order valence-corrected chi connectivity index (χ3v) is 3.06. The van der Waals surface area contributed by atoms with Crippen LogP contribution < -0.4 is 15.4 Å². The molecule has 0 unspecified atom stereocenters. The van der Waals surface area contributed by atoms with E-state index < -0.39 is 0 Å². The molecule has 1 fully saturated rings. The van der Waals surface area contributed by atoms with Gasteiger partial charge in [0.2, 0.25) is 17.7 Å². The highest BCUT2D eigenvalue weighted by Crippen LogP contribution is 2.28. The van der Waals surface area contributed by atoms with E-state index in [0.717, 1.165) is 12.8 Å². The van der Waals surface area contributed by atoms with Crippen molar-refractivity contribution in [2.75, 3.05) is 19.0 Å². The van der Waals surface area contributed by atoms with E-state index >= 15 is 0 Å². The van der Waals surface area contributed by atoms with Gasteiger partial charge < -0.3 is 15.4 Å². The number of amides is 2. The lowest BCUT2D eigenvalue weighted by molar-refractivity contribution is -0.122. The summed E-state index contributed by atoms with van der Waals surface area (Å²) in [4.78, 5) is 27.0. The van der Waals surface area contributed by atoms with Gasteiger partial charge in [-0.2, -0.15) is 0 Å². The number of hydrogen-bond donors (Lipinski definition) is 2. The lowest BCUT2D eigenvalue weighted by Crippen LogP contribution is -2.26. The fraction of sp³-hybridized carbons (Fsp3) is 0.500. The van der Waals surface area contributed by atoms with Crippen molar-refractivity contribution in [1.82, 2.24) is 10.3 Å². The van der Waals surface area contributed by atoms with Gasteiger partial charge in [-0.3, -0.25) is 9.59 Å². The summed E-state index contributed by atoms with van der Waals surface area (Å²) in [5.41, 5.74) is 0.637. The first-order valence-corrected chi connectivity index (χ1v) is 6.76. The monoisotopic (exact) mass is 277 g/mol. The van der Waals surface area contributed by atoms with Crippen LogP contribution in [-0.4, -0.2) is 30.5 Å². The molecule has 1 aromatic heterocycles. The molecule has 108 valence electrons. The van der Waals surface area contributed by atoms with Crippen molar-refractivity contribution in [3.05, 3.63) is 18.3 Å². The quantitative estimate of drug-likeness (QED) is 0.737. The minimum absolute atomic E-state index is 0.0855. The Morgan fingerprint density at radius 1 is 1.40 bits per heavy atom. The van der Waals surface area contributed by atoms with E-state index in [9.17, 15) is 9.59 Å². The first-order valence-electron chi connectivity index (χ1n) is 6.76. The Kier molecular flexibility index (Phi) is 4.92. The van der Waals surface area contributed by atoms with Crippen molar-refractivity contribution in [1.29, 1.82) is 0 Å². The molecule has 0 radical (unpaired) electrons. The van der Waals surface area contributed by atoms with Crippen molar-refractivity contribution >= 4 is 17.5 Å². The van der Waals surface area contributed by atoms with E-state index in [-0.39, 0.29) is 17.7 Å². The van der Waals surface area contributed by atoms with Crippen LogP contribution in [0.15, 0.2) is 18.3 Å². The van der Waals surface area contributed by atoms with Crippen molar-refractivity contribution in [3.8, 4) is 5.88 Å². The molecule has 2 N–H and O–H groups in total. The summed E-state index contributed by atoms with van der Waals surface area (Å²) in [6.07, 6.45) is 4.55. The Morgan fingerprint density at radius 3 is 2.80 bits per heavy atom. The third-order valence-electron chi connectivity index (χ3n) is 3.06. The second-order valence-corrected chi connectivity index (χ2v) is 4.81. The summed E-state index contributed by atoms with van der Waals surface area (Å²) < 4.78 is 4.94. The van der Waals surface area contributed by atoms with Gasteiger partial charge in [0.25, 0.3) is 0 Å². The van der Waals surface area contributed by atoms with Crippen LogP contribution in [0.5, 0.6) is 5.88 Å². The number of carbonyl (C=O) groups is 2. The van der Waals surface area contributed by atoms with Gasteiger partial charge in [-0.25, -0.2) is 4.98 Å². The molecule has 1 saturated carbocycles. The Hall–Kier alpha value is -2.11. The van der Waals surface area contributed by atoms with E-state index in [0.29, 0.717) is 31.0 Å². The topological polar surface area (TPSA) is 80.3 Å². The SMILES string of the molecule is COc1ccc(NC(=O)CCCNC(=O)C2CC2)cn1. The number of aromatic nitrogens is 1. The highest BCUT2D eigenvalue weighted by molar-refractivity contribution is 5.90. The van der Waals surface area contributed by atoms with E-state index in [1.165, 1.54) is 7.11 Å². The van der Waals surface area contributed by atoms with Gasteiger partial charge in [-0.1, -0.05) is 0 Å². The maximum Gasteiger partial charge on any atom is 0.224 e. The molecular formula is C14H19N3O3. The Morgan fingerprint density at radius 2 is 2.20 bits per heavy atom. The third kappa shape index (κ3) is 4.53.